The second kappa shape index (κ2) is 7.00. The number of aromatic amines is 1. The Balaban J connectivity index is 1.74. The molecule has 0 radical (unpaired) electrons. The highest BCUT2D eigenvalue weighted by atomic mass is 32.2. The van der Waals surface area contributed by atoms with E-state index >= 15 is 0 Å². The minimum absolute atomic E-state index is 0.260. The largest absolute Gasteiger partial charge is 0.277 e. The van der Waals surface area contributed by atoms with Gasteiger partial charge in [0.1, 0.15) is 0 Å². The molecule has 6 heteroatoms. The lowest BCUT2D eigenvalue weighted by atomic mass is 10.0. The van der Waals surface area contributed by atoms with Crippen molar-refractivity contribution in [3.05, 3.63) is 96.8 Å². The lowest BCUT2D eigenvalue weighted by Gasteiger charge is -2.07. The minimum Gasteiger partial charge on any atom is -0.277 e. The zero-order chi connectivity index (χ0) is 20.7. The summed E-state index contributed by atoms with van der Waals surface area (Å²) in [5, 5.41) is 8.15. The van der Waals surface area contributed by atoms with Crippen LogP contribution in [0.1, 0.15) is 5.56 Å². The average Bonchev–Trinajstić information content (AvgIpc) is 3.40. The quantitative estimate of drug-likeness (QED) is 0.438. The fourth-order valence-corrected chi connectivity index (χ4v) is 5.07. The number of hydrogen-bond acceptors (Lipinski definition) is 3. The molecule has 0 aliphatic heterocycles. The van der Waals surface area contributed by atoms with Gasteiger partial charge in [-0.1, -0.05) is 66.2 Å². The van der Waals surface area contributed by atoms with Crippen LogP contribution in [0, 0.1) is 6.92 Å². The van der Waals surface area contributed by atoms with Crippen molar-refractivity contribution < 1.29 is 8.42 Å². The molecule has 0 aliphatic rings. The average molecular weight is 414 g/mol. The van der Waals surface area contributed by atoms with Crippen LogP contribution in [0.5, 0.6) is 0 Å². The highest BCUT2D eigenvalue weighted by Crippen LogP contribution is 2.37. The first-order chi connectivity index (χ1) is 14.6. The third kappa shape index (κ3) is 2.93. The molecule has 3 aromatic carbocycles. The number of nitrogens with one attached hydrogen (secondary N) is 1. The molecule has 5 rings (SSSR count). The van der Waals surface area contributed by atoms with Crippen LogP contribution in [0.4, 0.5) is 0 Å². The monoisotopic (exact) mass is 413 g/mol. The van der Waals surface area contributed by atoms with Gasteiger partial charge >= 0.3 is 0 Å². The molecule has 5 aromatic rings. The van der Waals surface area contributed by atoms with E-state index in [0.29, 0.717) is 5.52 Å². The molecule has 2 heterocycles. The first-order valence-electron chi connectivity index (χ1n) is 9.57. The van der Waals surface area contributed by atoms with Gasteiger partial charge in [-0.25, -0.2) is 12.4 Å². The Labute approximate surface area is 174 Å². The van der Waals surface area contributed by atoms with Crippen LogP contribution in [0.25, 0.3) is 33.3 Å². The molecule has 0 amide bonds. The number of aromatic nitrogens is 3. The smallest absolute Gasteiger partial charge is 0.268 e. The molecule has 0 aliphatic carbocycles. The highest BCUT2D eigenvalue weighted by molar-refractivity contribution is 7.90. The standard InChI is InChI=1S/C24H19N3O2S/c1-17-11-13-19(14-12-17)30(28,29)27-16-22(20-9-5-6-10-23(20)27)21-15-25-26-24(21)18-7-3-2-4-8-18/h2-16H,1H3,(H,25,26). The SMILES string of the molecule is Cc1ccc(S(=O)(=O)n2cc(-c3cn[nH]c3-c3ccccc3)c3ccccc32)cc1. The number of benzene rings is 3. The van der Waals surface area contributed by atoms with Crippen LogP contribution in [0.3, 0.4) is 0 Å². The van der Waals surface area contributed by atoms with E-state index in [0.717, 1.165) is 33.3 Å². The lowest BCUT2D eigenvalue weighted by molar-refractivity contribution is 0.589. The molecule has 0 saturated carbocycles. The summed E-state index contributed by atoms with van der Waals surface area (Å²) in [5.74, 6) is 0. The van der Waals surface area contributed by atoms with E-state index in [9.17, 15) is 8.42 Å². The van der Waals surface area contributed by atoms with E-state index in [-0.39, 0.29) is 4.90 Å². The van der Waals surface area contributed by atoms with Gasteiger partial charge in [0.05, 0.1) is 22.3 Å². The summed E-state index contributed by atoms with van der Waals surface area (Å²) >= 11 is 0. The number of rotatable bonds is 4. The molecule has 148 valence electrons. The molecule has 5 nitrogen and oxygen atoms in total. The number of nitrogens with zero attached hydrogens (tertiary/aromatic N) is 2. The van der Waals surface area contributed by atoms with Crippen molar-refractivity contribution in [1.29, 1.82) is 0 Å². The maximum Gasteiger partial charge on any atom is 0.268 e. The molecule has 30 heavy (non-hydrogen) atoms. The number of para-hydroxylation sites is 1. The van der Waals surface area contributed by atoms with Gasteiger partial charge in [-0.2, -0.15) is 5.10 Å². The summed E-state index contributed by atoms with van der Waals surface area (Å²) in [6, 6.07) is 24.3. The van der Waals surface area contributed by atoms with Crippen molar-refractivity contribution in [3.63, 3.8) is 0 Å². The summed E-state index contributed by atoms with van der Waals surface area (Å²) in [6.45, 7) is 1.93. The second-order valence-electron chi connectivity index (χ2n) is 7.20. The van der Waals surface area contributed by atoms with E-state index in [2.05, 4.69) is 10.2 Å². The van der Waals surface area contributed by atoms with Crippen LogP contribution in [-0.4, -0.2) is 22.6 Å². The van der Waals surface area contributed by atoms with Crippen LogP contribution in [0.2, 0.25) is 0 Å². The molecule has 2 aromatic heterocycles. The van der Waals surface area contributed by atoms with Gasteiger partial charge in [0, 0.05) is 28.3 Å². The Morgan fingerprint density at radius 1 is 0.833 bits per heavy atom. The van der Waals surface area contributed by atoms with Crippen molar-refractivity contribution >= 4 is 20.9 Å². The highest BCUT2D eigenvalue weighted by Gasteiger charge is 2.23. The second-order valence-corrected chi connectivity index (χ2v) is 9.01. The topological polar surface area (TPSA) is 67.8 Å². The van der Waals surface area contributed by atoms with E-state index in [1.165, 1.54) is 3.97 Å². The normalized spacial score (nSPS) is 11.8. The Morgan fingerprint density at radius 3 is 2.30 bits per heavy atom. The third-order valence-corrected chi connectivity index (χ3v) is 6.94. The summed E-state index contributed by atoms with van der Waals surface area (Å²) in [5.41, 5.74) is 5.16. The number of aryl methyl sites for hydroxylation is 1. The Kier molecular flexibility index (Phi) is 4.29. The fourth-order valence-electron chi connectivity index (χ4n) is 3.70. The van der Waals surface area contributed by atoms with Gasteiger partial charge in [-0.3, -0.25) is 5.10 Å². The zero-order valence-electron chi connectivity index (χ0n) is 16.3. The van der Waals surface area contributed by atoms with Crippen molar-refractivity contribution in [1.82, 2.24) is 14.2 Å². The fraction of sp³-hybridized carbons (Fsp3) is 0.0417. The molecule has 1 N–H and O–H groups in total. The Morgan fingerprint density at radius 2 is 1.53 bits per heavy atom. The number of fused-ring (bicyclic) bond motifs is 1. The minimum atomic E-state index is -3.74. The number of H-pyrrole nitrogens is 1. The van der Waals surface area contributed by atoms with Crippen molar-refractivity contribution in [2.45, 2.75) is 11.8 Å². The van der Waals surface area contributed by atoms with E-state index in [4.69, 9.17) is 0 Å². The van der Waals surface area contributed by atoms with Gasteiger partial charge < -0.3 is 0 Å². The van der Waals surface area contributed by atoms with E-state index in [1.54, 1.807) is 24.5 Å². The van der Waals surface area contributed by atoms with Gasteiger partial charge in [-0.15, -0.1) is 0 Å². The number of hydrogen-bond donors (Lipinski definition) is 1. The van der Waals surface area contributed by atoms with Crippen molar-refractivity contribution in [2.24, 2.45) is 0 Å². The van der Waals surface area contributed by atoms with Gasteiger partial charge in [0.15, 0.2) is 0 Å². The molecule has 0 unspecified atom stereocenters. The van der Waals surface area contributed by atoms with Crippen LogP contribution in [-0.2, 0) is 10.0 Å². The molecule has 0 atom stereocenters. The van der Waals surface area contributed by atoms with Crippen LogP contribution in [0.15, 0.2) is 96.2 Å². The summed E-state index contributed by atoms with van der Waals surface area (Å²) in [7, 11) is -3.74. The Bertz CT molecular complexity index is 1450. The summed E-state index contributed by atoms with van der Waals surface area (Å²) < 4.78 is 28.2. The third-order valence-electron chi connectivity index (χ3n) is 5.25. The summed E-state index contributed by atoms with van der Waals surface area (Å²) in [6.07, 6.45) is 3.43. The van der Waals surface area contributed by atoms with Gasteiger partial charge in [0.2, 0.25) is 0 Å². The maximum absolute atomic E-state index is 13.4. The molecular formula is C24H19N3O2S. The van der Waals surface area contributed by atoms with E-state index < -0.39 is 10.0 Å². The van der Waals surface area contributed by atoms with Crippen molar-refractivity contribution in [3.8, 4) is 22.4 Å². The Hall–Kier alpha value is -3.64. The first-order valence-corrected chi connectivity index (χ1v) is 11.0. The maximum atomic E-state index is 13.4. The molecular weight excluding hydrogens is 394 g/mol. The zero-order valence-corrected chi connectivity index (χ0v) is 17.1. The van der Waals surface area contributed by atoms with Crippen LogP contribution >= 0.6 is 0 Å². The molecule has 0 spiro atoms. The summed E-state index contributed by atoms with van der Waals surface area (Å²) in [4.78, 5) is 0.260. The molecule has 0 bridgehead atoms. The molecule has 0 fully saturated rings. The van der Waals surface area contributed by atoms with Gasteiger partial charge in [0.25, 0.3) is 10.0 Å². The van der Waals surface area contributed by atoms with Gasteiger partial charge in [-0.05, 0) is 25.1 Å². The van der Waals surface area contributed by atoms with Crippen LogP contribution < -0.4 is 0 Å². The predicted octanol–water partition coefficient (Wildman–Crippen LogP) is 5.24. The first kappa shape index (κ1) is 18.4. The molecule has 0 saturated heterocycles. The van der Waals surface area contributed by atoms with Crippen molar-refractivity contribution in [2.75, 3.05) is 0 Å². The lowest BCUT2D eigenvalue weighted by Crippen LogP contribution is -2.11. The van der Waals surface area contributed by atoms with E-state index in [1.807, 2.05) is 73.7 Å². The predicted molar refractivity (Wildman–Crippen MR) is 119 cm³/mol.